The van der Waals surface area contributed by atoms with E-state index in [1.54, 1.807) is 0 Å². The highest BCUT2D eigenvalue weighted by atomic mass is 35.5. The summed E-state index contributed by atoms with van der Waals surface area (Å²) >= 11 is 5.88. The molecule has 110 valence electrons. The zero-order chi connectivity index (χ0) is 15.3. The van der Waals surface area contributed by atoms with Crippen molar-refractivity contribution in [2.24, 2.45) is 0 Å². The topological polar surface area (TPSA) is 38.3 Å². The summed E-state index contributed by atoms with van der Waals surface area (Å²) in [4.78, 5) is 12.0. The fourth-order valence-corrected chi connectivity index (χ4v) is 2.11. The van der Waals surface area contributed by atoms with Gasteiger partial charge in [-0.2, -0.15) is 0 Å². The van der Waals surface area contributed by atoms with Gasteiger partial charge < -0.3 is 10.1 Å². The van der Waals surface area contributed by atoms with E-state index < -0.39 is 5.54 Å². The molecule has 2 aromatic carbocycles. The largest absolute Gasteiger partial charge is 0.484 e. The van der Waals surface area contributed by atoms with Crippen LogP contribution in [0.1, 0.15) is 19.4 Å². The molecule has 0 unspecified atom stereocenters. The van der Waals surface area contributed by atoms with E-state index in [2.05, 4.69) is 5.32 Å². The van der Waals surface area contributed by atoms with Crippen LogP contribution in [0.2, 0.25) is 5.02 Å². The predicted molar refractivity (Wildman–Crippen MR) is 84.6 cm³/mol. The van der Waals surface area contributed by atoms with E-state index in [1.165, 1.54) is 0 Å². The molecule has 0 aromatic heterocycles. The van der Waals surface area contributed by atoms with Crippen LogP contribution in [0.4, 0.5) is 0 Å². The van der Waals surface area contributed by atoms with Crippen molar-refractivity contribution in [3.8, 4) is 5.75 Å². The molecule has 0 heterocycles. The highest BCUT2D eigenvalue weighted by Crippen LogP contribution is 2.21. The van der Waals surface area contributed by atoms with Gasteiger partial charge in [-0.1, -0.05) is 41.9 Å². The van der Waals surface area contributed by atoms with Gasteiger partial charge >= 0.3 is 0 Å². The zero-order valence-electron chi connectivity index (χ0n) is 12.1. The fourth-order valence-electron chi connectivity index (χ4n) is 1.99. The number of carbonyl (C=O) groups is 1. The van der Waals surface area contributed by atoms with Crippen LogP contribution >= 0.6 is 11.6 Å². The lowest BCUT2D eigenvalue weighted by molar-refractivity contribution is -0.124. The van der Waals surface area contributed by atoms with Gasteiger partial charge in [0.05, 0.1) is 5.54 Å². The molecule has 0 saturated carbocycles. The first-order chi connectivity index (χ1) is 9.97. The molecule has 1 amide bonds. The zero-order valence-corrected chi connectivity index (χ0v) is 12.9. The van der Waals surface area contributed by atoms with Crippen molar-refractivity contribution >= 4 is 17.5 Å². The van der Waals surface area contributed by atoms with Crippen LogP contribution in [-0.2, 0) is 10.3 Å². The lowest BCUT2D eigenvalue weighted by Gasteiger charge is -2.27. The van der Waals surface area contributed by atoms with Gasteiger partial charge in [-0.25, -0.2) is 0 Å². The lowest BCUT2D eigenvalue weighted by atomic mass is 9.94. The number of benzene rings is 2. The minimum Gasteiger partial charge on any atom is -0.484 e. The molecule has 0 radical (unpaired) electrons. The number of amides is 1. The summed E-state index contributed by atoms with van der Waals surface area (Å²) < 4.78 is 5.44. The summed E-state index contributed by atoms with van der Waals surface area (Å²) in [5, 5.41) is 3.63. The van der Waals surface area contributed by atoms with E-state index in [-0.39, 0.29) is 12.5 Å². The molecule has 0 saturated heterocycles. The molecular weight excluding hydrogens is 286 g/mol. The highest BCUT2D eigenvalue weighted by molar-refractivity contribution is 6.30. The van der Waals surface area contributed by atoms with E-state index >= 15 is 0 Å². The second-order valence-electron chi connectivity index (χ2n) is 5.28. The summed E-state index contributed by atoms with van der Waals surface area (Å²) in [6.45, 7) is 3.87. The van der Waals surface area contributed by atoms with Crippen molar-refractivity contribution in [3.63, 3.8) is 0 Å². The molecule has 2 rings (SSSR count). The van der Waals surface area contributed by atoms with Gasteiger partial charge in [0.15, 0.2) is 6.61 Å². The molecule has 21 heavy (non-hydrogen) atoms. The maximum absolute atomic E-state index is 12.0. The smallest absolute Gasteiger partial charge is 0.258 e. The number of hydrogen-bond acceptors (Lipinski definition) is 2. The molecule has 0 aliphatic rings. The maximum Gasteiger partial charge on any atom is 0.258 e. The molecule has 0 spiro atoms. The van der Waals surface area contributed by atoms with Gasteiger partial charge in [0.1, 0.15) is 5.75 Å². The summed E-state index contributed by atoms with van der Waals surface area (Å²) in [6.07, 6.45) is 0. The molecule has 4 heteroatoms. The molecule has 1 N–H and O–H groups in total. The van der Waals surface area contributed by atoms with E-state index in [0.29, 0.717) is 10.8 Å². The van der Waals surface area contributed by atoms with Gasteiger partial charge in [-0.05, 0) is 43.7 Å². The molecule has 2 aromatic rings. The van der Waals surface area contributed by atoms with Crippen LogP contribution in [0.5, 0.6) is 5.75 Å². The Hall–Kier alpha value is -2.00. The number of ether oxygens (including phenoxy) is 1. The van der Waals surface area contributed by atoms with Crippen LogP contribution in [0.25, 0.3) is 0 Å². The molecule has 3 nitrogen and oxygen atoms in total. The van der Waals surface area contributed by atoms with Gasteiger partial charge in [0, 0.05) is 5.02 Å². The Morgan fingerprint density at radius 3 is 2.33 bits per heavy atom. The summed E-state index contributed by atoms with van der Waals surface area (Å²) in [5.74, 6) is 0.510. The Bertz CT molecular complexity index is 594. The van der Waals surface area contributed by atoms with Gasteiger partial charge in [0.2, 0.25) is 0 Å². The summed E-state index contributed by atoms with van der Waals surface area (Å²) in [5.41, 5.74) is 0.502. The van der Waals surface area contributed by atoms with E-state index in [1.807, 2.05) is 68.4 Å². The van der Waals surface area contributed by atoms with Crippen molar-refractivity contribution in [2.75, 3.05) is 6.61 Å². The van der Waals surface area contributed by atoms with Crippen molar-refractivity contribution in [3.05, 3.63) is 65.2 Å². The minimum absolute atomic E-state index is 0.0129. The average Bonchev–Trinajstić information content (AvgIpc) is 2.46. The molecule has 0 atom stereocenters. The third kappa shape index (κ3) is 4.50. The lowest BCUT2D eigenvalue weighted by Crippen LogP contribution is -2.43. The van der Waals surface area contributed by atoms with Crippen LogP contribution in [0.3, 0.4) is 0 Å². The fraction of sp³-hybridized carbons (Fsp3) is 0.235. The highest BCUT2D eigenvalue weighted by Gasteiger charge is 2.22. The maximum atomic E-state index is 12.0. The average molecular weight is 304 g/mol. The first-order valence-electron chi connectivity index (χ1n) is 6.72. The molecule has 0 bridgehead atoms. The van der Waals surface area contributed by atoms with Crippen molar-refractivity contribution in [1.82, 2.24) is 5.32 Å². The third-order valence-corrected chi connectivity index (χ3v) is 3.38. The second-order valence-corrected chi connectivity index (χ2v) is 5.72. The quantitative estimate of drug-likeness (QED) is 0.913. The van der Waals surface area contributed by atoms with Crippen LogP contribution in [0.15, 0.2) is 54.6 Å². The molecular formula is C17H18ClNO2. The predicted octanol–water partition coefficient (Wildman–Crippen LogP) is 3.77. The number of nitrogens with one attached hydrogen (secondary N) is 1. The minimum atomic E-state index is -0.484. The van der Waals surface area contributed by atoms with E-state index in [4.69, 9.17) is 16.3 Å². The Kier molecular flexibility index (Phi) is 4.86. The number of carbonyl (C=O) groups excluding carboxylic acids is 1. The Morgan fingerprint density at radius 1 is 1.10 bits per heavy atom. The van der Waals surface area contributed by atoms with Gasteiger partial charge in [-0.15, -0.1) is 0 Å². The van der Waals surface area contributed by atoms with Gasteiger partial charge in [0.25, 0.3) is 5.91 Å². The first kappa shape index (κ1) is 15.4. The standard InChI is InChI=1S/C17H18ClNO2/c1-17(2,13-8-10-14(18)11-9-13)19-16(20)12-21-15-6-4-3-5-7-15/h3-11H,12H2,1-2H3,(H,19,20). The number of para-hydroxylation sites is 1. The van der Waals surface area contributed by atoms with Crippen LogP contribution in [-0.4, -0.2) is 12.5 Å². The van der Waals surface area contributed by atoms with Crippen LogP contribution in [0, 0.1) is 0 Å². The summed E-state index contributed by atoms with van der Waals surface area (Å²) in [6, 6.07) is 16.7. The summed E-state index contributed by atoms with van der Waals surface area (Å²) in [7, 11) is 0. The second kappa shape index (κ2) is 6.64. The van der Waals surface area contributed by atoms with Crippen molar-refractivity contribution in [2.45, 2.75) is 19.4 Å². The van der Waals surface area contributed by atoms with E-state index in [0.717, 1.165) is 5.56 Å². The Morgan fingerprint density at radius 2 is 1.71 bits per heavy atom. The monoisotopic (exact) mass is 303 g/mol. The van der Waals surface area contributed by atoms with Crippen molar-refractivity contribution < 1.29 is 9.53 Å². The Balaban J connectivity index is 1.93. The van der Waals surface area contributed by atoms with E-state index in [9.17, 15) is 4.79 Å². The number of rotatable bonds is 5. The SMILES string of the molecule is CC(C)(NC(=O)COc1ccccc1)c1ccc(Cl)cc1. The molecule has 0 aliphatic heterocycles. The number of halogens is 1. The van der Waals surface area contributed by atoms with Crippen LogP contribution < -0.4 is 10.1 Å². The van der Waals surface area contributed by atoms with Gasteiger partial charge in [-0.3, -0.25) is 4.79 Å². The Labute approximate surface area is 129 Å². The normalized spacial score (nSPS) is 11.0. The number of hydrogen-bond donors (Lipinski definition) is 1. The third-order valence-electron chi connectivity index (χ3n) is 3.13. The first-order valence-corrected chi connectivity index (χ1v) is 7.10. The molecule has 0 aliphatic carbocycles. The van der Waals surface area contributed by atoms with Crippen molar-refractivity contribution in [1.29, 1.82) is 0 Å². The molecule has 0 fully saturated rings.